The van der Waals surface area contributed by atoms with E-state index in [0.717, 1.165) is 5.56 Å². The molecular formula is C27H39N5O6. The van der Waals surface area contributed by atoms with Crippen LogP contribution in [0.4, 0.5) is 0 Å². The molecule has 11 nitrogen and oxygen atoms in total. The van der Waals surface area contributed by atoms with Crippen molar-refractivity contribution in [3.05, 3.63) is 55.1 Å². The summed E-state index contributed by atoms with van der Waals surface area (Å²) in [5.74, 6) is -2.04. The molecule has 0 unspecified atom stereocenters. The summed E-state index contributed by atoms with van der Waals surface area (Å²) in [4.78, 5) is 54.3. The van der Waals surface area contributed by atoms with Crippen molar-refractivity contribution in [3.8, 4) is 5.75 Å². The number of guanidine groups is 1. The molecule has 1 aromatic carbocycles. The number of rotatable bonds is 18. The summed E-state index contributed by atoms with van der Waals surface area (Å²) < 4.78 is 10.2. The standard InChI is InChI=1S/C27H39N5O6/c1-5-8-22(26(36)37-4)32-25(35)20(9-7-14-30-27(28)29)17-24(34)23(31-18(3)33)16-19-10-12-21(13-11-19)38-15-6-2/h5-6,10-13,20,22-23H,1-2,7-9,14-17H2,3-4H3,(H,31,33)(H,32,35)(H4,28,29,30)/t20-,22-,23-/m0/s1. The number of nitrogens with two attached hydrogens (primary N) is 2. The van der Waals surface area contributed by atoms with Crippen LogP contribution in [0.25, 0.3) is 0 Å². The second-order valence-electron chi connectivity index (χ2n) is 8.63. The molecule has 6 N–H and O–H groups in total. The van der Waals surface area contributed by atoms with E-state index in [-0.39, 0.29) is 49.9 Å². The van der Waals surface area contributed by atoms with Crippen LogP contribution < -0.4 is 26.8 Å². The smallest absolute Gasteiger partial charge is 0.328 e. The number of benzene rings is 1. The van der Waals surface area contributed by atoms with E-state index >= 15 is 0 Å². The van der Waals surface area contributed by atoms with E-state index in [1.165, 1.54) is 20.1 Å². The maximum absolute atomic E-state index is 13.3. The number of hydrogen-bond acceptors (Lipinski definition) is 7. The zero-order valence-electron chi connectivity index (χ0n) is 22.1. The van der Waals surface area contributed by atoms with Crippen molar-refractivity contribution in [2.24, 2.45) is 22.4 Å². The molecule has 0 aliphatic carbocycles. The van der Waals surface area contributed by atoms with Crippen LogP contribution >= 0.6 is 0 Å². The summed E-state index contributed by atoms with van der Waals surface area (Å²) in [5, 5.41) is 5.33. The highest BCUT2D eigenvalue weighted by molar-refractivity contribution is 5.93. The van der Waals surface area contributed by atoms with Crippen LogP contribution in [-0.4, -0.2) is 61.9 Å². The zero-order valence-corrected chi connectivity index (χ0v) is 22.1. The third-order valence-corrected chi connectivity index (χ3v) is 5.53. The van der Waals surface area contributed by atoms with Crippen LogP contribution in [0.15, 0.2) is 54.6 Å². The molecule has 0 radical (unpaired) electrons. The van der Waals surface area contributed by atoms with E-state index in [0.29, 0.717) is 18.8 Å². The maximum atomic E-state index is 13.3. The summed E-state index contributed by atoms with van der Waals surface area (Å²) in [6.45, 7) is 9.16. The first-order valence-corrected chi connectivity index (χ1v) is 12.3. The van der Waals surface area contributed by atoms with E-state index in [4.69, 9.17) is 20.9 Å². The van der Waals surface area contributed by atoms with Gasteiger partial charge < -0.3 is 31.6 Å². The molecule has 0 saturated carbocycles. The highest BCUT2D eigenvalue weighted by Crippen LogP contribution is 2.18. The quantitative estimate of drug-likeness (QED) is 0.0720. The average molecular weight is 530 g/mol. The largest absolute Gasteiger partial charge is 0.490 e. The number of carbonyl (C=O) groups excluding carboxylic acids is 4. The number of ether oxygens (including phenoxy) is 2. The zero-order chi connectivity index (χ0) is 28.5. The van der Waals surface area contributed by atoms with Gasteiger partial charge in [-0.1, -0.05) is 30.9 Å². The summed E-state index contributed by atoms with van der Waals surface area (Å²) in [7, 11) is 1.22. The molecule has 11 heteroatoms. The fraction of sp³-hybridized carbons (Fsp3) is 0.444. The molecule has 0 spiro atoms. The SMILES string of the molecule is C=CCOc1ccc(C[C@H](NC(C)=O)C(=O)C[C@H](CCCN=C(N)N)C(=O)N[C@@H](CC=C)C(=O)OC)cc1. The number of nitrogens with one attached hydrogen (secondary N) is 2. The molecule has 0 aliphatic heterocycles. The normalized spacial score (nSPS) is 12.7. The lowest BCUT2D eigenvalue weighted by Crippen LogP contribution is -2.46. The molecule has 0 saturated heterocycles. The summed E-state index contributed by atoms with van der Waals surface area (Å²) >= 11 is 0. The molecule has 0 aromatic heterocycles. The Morgan fingerprint density at radius 3 is 2.29 bits per heavy atom. The Kier molecular flexibility index (Phi) is 14.5. The molecule has 1 aromatic rings. The Bertz CT molecular complexity index is 988. The molecule has 2 amide bonds. The van der Waals surface area contributed by atoms with Gasteiger partial charge in [-0.15, -0.1) is 6.58 Å². The number of hydrogen-bond donors (Lipinski definition) is 4. The van der Waals surface area contributed by atoms with Crippen LogP contribution in [0, 0.1) is 5.92 Å². The third-order valence-electron chi connectivity index (χ3n) is 5.53. The number of nitrogens with zero attached hydrogens (tertiary/aromatic N) is 1. The lowest BCUT2D eigenvalue weighted by Gasteiger charge is -2.23. The van der Waals surface area contributed by atoms with Crippen molar-refractivity contribution in [2.75, 3.05) is 20.3 Å². The molecule has 3 atom stereocenters. The lowest BCUT2D eigenvalue weighted by molar-refractivity contribution is -0.145. The predicted molar refractivity (Wildman–Crippen MR) is 145 cm³/mol. The fourth-order valence-corrected chi connectivity index (χ4v) is 3.67. The molecule has 38 heavy (non-hydrogen) atoms. The van der Waals surface area contributed by atoms with Gasteiger partial charge in [-0.05, 0) is 43.4 Å². The van der Waals surface area contributed by atoms with Crippen LogP contribution in [0.2, 0.25) is 0 Å². The van der Waals surface area contributed by atoms with Gasteiger partial charge in [0.2, 0.25) is 11.8 Å². The Balaban J connectivity index is 3.06. The van der Waals surface area contributed by atoms with Crippen molar-refractivity contribution in [3.63, 3.8) is 0 Å². The van der Waals surface area contributed by atoms with Crippen LogP contribution in [-0.2, 0) is 30.3 Å². The number of aliphatic imine (C=N–C) groups is 1. The van der Waals surface area contributed by atoms with Gasteiger partial charge in [0.15, 0.2) is 11.7 Å². The highest BCUT2D eigenvalue weighted by atomic mass is 16.5. The van der Waals surface area contributed by atoms with Crippen LogP contribution in [0.5, 0.6) is 5.75 Å². The van der Waals surface area contributed by atoms with Gasteiger partial charge in [-0.2, -0.15) is 0 Å². The van der Waals surface area contributed by atoms with E-state index in [1.54, 1.807) is 30.3 Å². The second kappa shape index (κ2) is 17.3. The van der Waals surface area contributed by atoms with Crippen molar-refractivity contribution >= 4 is 29.5 Å². The minimum absolute atomic E-state index is 0.0783. The number of carbonyl (C=O) groups is 4. The summed E-state index contributed by atoms with van der Waals surface area (Å²) in [5.41, 5.74) is 11.5. The summed E-state index contributed by atoms with van der Waals surface area (Å²) in [6.07, 6.45) is 4.04. The van der Waals surface area contributed by atoms with Crippen molar-refractivity contribution in [1.82, 2.24) is 10.6 Å². The monoisotopic (exact) mass is 529 g/mol. The van der Waals surface area contributed by atoms with Gasteiger partial charge in [-0.3, -0.25) is 19.4 Å². The average Bonchev–Trinajstić information content (AvgIpc) is 2.88. The first-order chi connectivity index (χ1) is 18.1. The van der Waals surface area contributed by atoms with Gasteiger partial charge in [0.05, 0.1) is 13.2 Å². The van der Waals surface area contributed by atoms with Gasteiger partial charge >= 0.3 is 5.97 Å². The molecule has 0 aliphatic rings. The minimum atomic E-state index is -0.937. The lowest BCUT2D eigenvalue weighted by atomic mass is 9.90. The number of methoxy groups -OCH3 is 1. The Morgan fingerprint density at radius 2 is 1.74 bits per heavy atom. The minimum Gasteiger partial charge on any atom is -0.490 e. The van der Waals surface area contributed by atoms with Gasteiger partial charge in [-0.25, -0.2) is 4.79 Å². The van der Waals surface area contributed by atoms with Gasteiger partial charge in [0, 0.05) is 25.8 Å². The Morgan fingerprint density at radius 1 is 1.05 bits per heavy atom. The molecule has 208 valence electrons. The van der Waals surface area contributed by atoms with E-state index < -0.39 is 29.9 Å². The number of Topliss-reactive ketones (excluding diaryl/α,β-unsaturated/α-hetero) is 1. The Labute approximate surface area is 223 Å². The molecule has 0 heterocycles. The topological polar surface area (TPSA) is 175 Å². The van der Waals surface area contributed by atoms with Crippen LogP contribution in [0.1, 0.15) is 38.2 Å². The Hall–Kier alpha value is -4.15. The predicted octanol–water partition coefficient (Wildman–Crippen LogP) is 1.16. The van der Waals surface area contributed by atoms with Crippen molar-refractivity contribution in [2.45, 2.75) is 51.1 Å². The van der Waals surface area contributed by atoms with E-state index in [1.807, 2.05) is 0 Å². The molecule has 0 bridgehead atoms. The van der Waals surface area contributed by atoms with E-state index in [2.05, 4.69) is 28.8 Å². The number of esters is 1. The van der Waals surface area contributed by atoms with Crippen molar-refractivity contribution < 1.29 is 28.7 Å². The van der Waals surface area contributed by atoms with E-state index in [9.17, 15) is 19.2 Å². The number of ketones is 1. The van der Waals surface area contributed by atoms with Gasteiger partial charge in [0.1, 0.15) is 18.4 Å². The fourth-order valence-electron chi connectivity index (χ4n) is 3.67. The first-order valence-electron chi connectivity index (χ1n) is 12.3. The third kappa shape index (κ3) is 12.2. The molecule has 1 rings (SSSR count). The highest BCUT2D eigenvalue weighted by Gasteiger charge is 2.30. The van der Waals surface area contributed by atoms with Gasteiger partial charge in [0.25, 0.3) is 0 Å². The summed E-state index contributed by atoms with van der Waals surface area (Å²) in [6, 6.07) is 5.34. The van der Waals surface area contributed by atoms with Crippen molar-refractivity contribution in [1.29, 1.82) is 0 Å². The number of amides is 2. The van der Waals surface area contributed by atoms with Crippen LogP contribution in [0.3, 0.4) is 0 Å². The second-order valence-corrected chi connectivity index (χ2v) is 8.63. The first kappa shape index (κ1) is 31.9. The molecule has 0 fully saturated rings. The molecular weight excluding hydrogens is 490 g/mol. The maximum Gasteiger partial charge on any atom is 0.328 e.